The van der Waals surface area contributed by atoms with E-state index < -0.39 is 12.1 Å². The Kier molecular flexibility index (Phi) is 57.0. The monoisotopic (exact) mass is 970 g/mol. The number of unbranched alkanes of at least 4 members (excludes halogenated alkanes) is 42. The molecule has 0 fully saturated rings. The minimum absolute atomic E-state index is 0.0130. The summed E-state index contributed by atoms with van der Waals surface area (Å²) in [4.78, 5) is 24.4. The number of carbonyl (C=O) groups is 2. The van der Waals surface area contributed by atoms with Crippen LogP contribution in [0.3, 0.4) is 0 Å². The molecule has 0 aromatic carbocycles. The SMILES string of the molecule is CCCCCCCCCC/C=C/C(O)C(CO)NC(=O)CCCCCCCCCCCCCCC/C=C\C/C=C\CCCCCCCCCCCOC(=O)CCCCCCCCCCCCCCC. The second kappa shape index (κ2) is 58.6. The Morgan fingerprint density at radius 1 is 0.406 bits per heavy atom. The number of ether oxygens (including phenoxy) is 1. The van der Waals surface area contributed by atoms with Crippen LogP contribution in [0, 0.1) is 0 Å². The average Bonchev–Trinajstić information content (AvgIpc) is 3.35. The number of hydrogen-bond donors (Lipinski definition) is 3. The standard InChI is InChI=1S/C63H119NO5/c1-3-5-7-9-11-13-15-33-37-41-45-49-53-57-63(68)69-58-54-50-46-42-38-35-32-30-28-26-24-22-20-18-16-17-19-21-23-25-27-29-31-34-36-40-44-48-52-56-62(67)64-60(59-65)61(66)55-51-47-43-39-14-12-10-8-6-4-2/h16,18,22,24,51,55,60-61,65-66H,3-15,17,19-21,23,25-50,52-54,56-59H2,1-2H3,(H,64,67)/b18-16-,24-22-,55-51+. The molecule has 0 aliphatic heterocycles. The van der Waals surface area contributed by atoms with Crippen molar-refractivity contribution in [2.45, 2.75) is 341 Å². The lowest BCUT2D eigenvalue weighted by Crippen LogP contribution is -2.45. The lowest BCUT2D eigenvalue weighted by atomic mass is 10.0. The van der Waals surface area contributed by atoms with Crippen LogP contribution in [-0.4, -0.2) is 47.4 Å². The van der Waals surface area contributed by atoms with Gasteiger partial charge in [0, 0.05) is 12.8 Å². The van der Waals surface area contributed by atoms with Crippen molar-refractivity contribution in [3.63, 3.8) is 0 Å². The zero-order chi connectivity index (χ0) is 50.0. The number of esters is 1. The largest absolute Gasteiger partial charge is 0.466 e. The number of aliphatic hydroxyl groups is 2. The molecule has 1 amide bonds. The van der Waals surface area contributed by atoms with E-state index in [-0.39, 0.29) is 18.5 Å². The van der Waals surface area contributed by atoms with Crippen LogP contribution in [0.5, 0.6) is 0 Å². The third-order valence-electron chi connectivity index (χ3n) is 14.2. The van der Waals surface area contributed by atoms with Gasteiger partial charge in [0.05, 0.1) is 25.4 Å². The first-order valence-corrected chi connectivity index (χ1v) is 30.8. The summed E-state index contributed by atoms with van der Waals surface area (Å²) in [7, 11) is 0. The third-order valence-corrected chi connectivity index (χ3v) is 14.2. The number of carbonyl (C=O) groups excluding carboxylic acids is 2. The van der Waals surface area contributed by atoms with Crippen molar-refractivity contribution >= 4 is 11.9 Å². The minimum Gasteiger partial charge on any atom is -0.466 e. The van der Waals surface area contributed by atoms with Crippen molar-refractivity contribution in [1.82, 2.24) is 5.32 Å². The van der Waals surface area contributed by atoms with Crippen molar-refractivity contribution in [3.05, 3.63) is 36.5 Å². The Labute approximate surface area is 430 Å². The maximum Gasteiger partial charge on any atom is 0.305 e. The second-order valence-electron chi connectivity index (χ2n) is 21.0. The van der Waals surface area contributed by atoms with Gasteiger partial charge in [0.15, 0.2) is 0 Å². The summed E-state index contributed by atoms with van der Waals surface area (Å²) in [5.74, 6) is -0.0575. The molecule has 69 heavy (non-hydrogen) atoms. The molecule has 2 atom stereocenters. The van der Waals surface area contributed by atoms with E-state index in [9.17, 15) is 19.8 Å². The maximum atomic E-state index is 12.4. The lowest BCUT2D eigenvalue weighted by Gasteiger charge is -2.20. The molecule has 2 unspecified atom stereocenters. The van der Waals surface area contributed by atoms with Crippen LogP contribution in [0.15, 0.2) is 36.5 Å². The summed E-state index contributed by atoms with van der Waals surface area (Å²) in [6, 6.07) is -0.627. The fourth-order valence-corrected chi connectivity index (χ4v) is 9.43. The van der Waals surface area contributed by atoms with E-state index in [0.29, 0.717) is 19.4 Å². The fourth-order valence-electron chi connectivity index (χ4n) is 9.43. The molecule has 0 saturated carbocycles. The molecular formula is C63H119NO5. The van der Waals surface area contributed by atoms with Crippen molar-refractivity contribution < 1.29 is 24.5 Å². The summed E-state index contributed by atoms with van der Waals surface area (Å²) >= 11 is 0. The molecule has 0 aliphatic carbocycles. The molecule has 0 bridgehead atoms. The van der Waals surface area contributed by atoms with Gasteiger partial charge < -0.3 is 20.3 Å². The minimum atomic E-state index is -0.843. The zero-order valence-corrected chi connectivity index (χ0v) is 46.3. The van der Waals surface area contributed by atoms with Crippen LogP contribution in [-0.2, 0) is 14.3 Å². The first-order valence-electron chi connectivity index (χ1n) is 30.8. The molecule has 0 rings (SSSR count). The van der Waals surface area contributed by atoms with Crippen molar-refractivity contribution in [2.24, 2.45) is 0 Å². The first kappa shape index (κ1) is 67.1. The van der Waals surface area contributed by atoms with E-state index >= 15 is 0 Å². The summed E-state index contributed by atoms with van der Waals surface area (Å²) < 4.78 is 5.48. The van der Waals surface area contributed by atoms with Crippen molar-refractivity contribution in [2.75, 3.05) is 13.2 Å². The Balaban J connectivity index is 3.40. The smallest absolute Gasteiger partial charge is 0.305 e. The second-order valence-corrected chi connectivity index (χ2v) is 21.0. The van der Waals surface area contributed by atoms with Gasteiger partial charge in [-0.05, 0) is 64.2 Å². The normalized spacial score (nSPS) is 12.8. The van der Waals surface area contributed by atoms with Crippen LogP contribution in [0.25, 0.3) is 0 Å². The highest BCUT2D eigenvalue weighted by Gasteiger charge is 2.18. The van der Waals surface area contributed by atoms with E-state index in [1.54, 1.807) is 6.08 Å². The maximum absolute atomic E-state index is 12.4. The summed E-state index contributed by atoms with van der Waals surface area (Å²) in [6.07, 6.45) is 73.4. The summed E-state index contributed by atoms with van der Waals surface area (Å²) in [5, 5.41) is 23.0. The Morgan fingerprint density at radius 3 is 1.10 bits per heavy atom. The van der Waals surface area contributed by atoms with E-state index in [2.05, 4.69) is 43.5 Å². The average molecular weight is 971 g/mol. The van der Waals surface area contributed by atoms with E-state index in [0.717, 1.165) is 44.9 Å². The van der Waals surface area contributed by atoms with Gasteiger partial charge in [0.25, 0.3) is 0 Å². The van der Waals surface area contributed by atoms with Gasteiger partial charge in [0.1, 0.15) is 0 Å². The van der Waals surface area contributed by atoms with Crippen LogP contribution in [0.2, 0.25) is 0 Å². The number of amides is 1. The fraction of sp³-hybridized carbons (Fsp3) is 0.873. The number of allylic oxidation sites excluding steroid dienone is 5. The highest BCUT2D eigenvalue weighted by atomic mass is 16.5. The Hall–Kier alpha value is -1.92. The number of aliphatic hydroxyl groups excluding tert-OH is 2. The van der Waals surface area contributed by atoms with Gasteiger partial charge in [-0.15, -0.1) is 0 Å². The molecule has 6 nitrogen and oxygen atoms in total. The molecule has 0 aromatic heterocycles. The molecule has 6 heteroatoms. The molecular weight excluding hydrogens is 851 g/mol. The van der Waals surface area contributed by atoms with Gasteiger partial charge in [0.2, 0.25) is 5.91 Å². The third kappa shape index (κ3) is 55.2. The van der Waals surface area contributed by atoms with Crippen LogP contribution in [0.4, 0.5) is 0 Å². The Morgan fingerprint density at radius 2 is 0.725 bits per heavy atom. The highest BCUT2D eigenvalue weighted by molar-refractivity contribution is 5.76. The molecule has 406 valence electrons. The number of rotatable bonds is 57. The van der Waals surface area contributed by atoms with Gasteiger partial charge in [-0.3, -0.25) is 9.59 Å². The lowest BCUT2D eigenvalue weighted by molar-refractivity contribution is -0.143. The van der Waals surface area contributed by atoms with E-state index in [1.807, 2.05) is 6.08 Å². The van der Waals surface area contributed by atoms with Gasteiger partial charge in [-0.2, -0.15) is 0 Å². The molecule has 0 heterocycles. The van der Waals surface area contributed by atoms with Gasteiger partial charge in [-0.1, -0.05) is 288 Å². The quantitative estimate of drug-likeness (QED) is 0.0321. The molecule has 0 aliphatic rings. The molecule has 0 aromatic rings. The predicted molar refractivity (Wildman–Crippen MR) is 301 cm³/mol. The molecule has 3 N–H and O–H groups in total. The highest BCUT2D eigenvalue weighted by Crippen LogP contribution is 2.17. The van der Waals surface area contributed by atoms with Crippen molar-refractivity contribution in [1.29, 1.82) is 0 Å². The summed E-state index contributed by atoms with van der Waals surface area (Å²) in [5.41, 5.74) is 0. The van der Waals surface area contributed by atoms with Crippen LogP contribution < -0.4 is 5.32 Å². The molecule has 0 saturated heterocycles. The Bertz CT molecular complexity index is 1120. The molecule has 0 radical (unpaired) electrons. The zero-order valence-electron chi connectivity index (χ0n) is 46.3. The van der Waals surface area contributed by atoms with Crippen LogP contribution >= 0.6 is 0 Å². The van der Waals surface area contributed by atoms with Gasteiger partial charge >= 0.3 is 5.97 Å². The van der Waals surface area contributed by atoms with E-state index in [4.69, 9.17) is 4.74 Å². The summed E-state index contributed by atoms with van der Waals surface area (Å²) in [6.45, 7) is 4.89. The molecule has 0 spiro atoms. The predicted octanol–water partition coefficient (Wildman–Crippen LogP) is 19.2. The topological polar surface area (TPSA) is 95.9 Å². The van der Waals surface area contributed by atoms with Crippen LogP contribution in [0.1, 0.15) is 328 Å². The van der Waals surface area contributed by atoms with Gasteiger partial charge in [-0.25, -0.2) is 0 Å². The van der Waals surface area contributed by atoms with Crippen molar-refractivity contribution in [3.8, 4) is 0 Å². The number of hydrogen-bond acceptors (Lipinski definition) is 5. The first-order chi connectivity index (χ1) is 34.0. The van der Waals surface area contributed by atoms with E-state index in [1.165, 1.54) is 257 Å². The number of nitrogens with one attached hydrogen (secondary N) is 1.